The second-order valence-corrected chi connectivity index (χ2v) is 6.32. The summed E-state index contributed by atoms with van der Waals surface area (Å²) < 4.78 is 6.09. The molecule has 22 heavy (non-hydrogen) atoms. The van der Waals surface area contributed by atoms with Gasteiger partial charge in [-0.2, -0.15) is 0 Å². The van der Waals surface area contributed by atoms with Crippen LogP contribution in [0.2, 0.25) is 0 Å². The number of nitrogens with one attached hydrogen (secondary N) is 2. The monoisotopic (exact) mass is 310 g/mol. The highest BCUT2D eigenvalue weighted by molar-refractivity contribution is 5.80. The summed E-state index contributed by atoms with van der Waals surface area (Å²) in [5.74, 6) is 0.669. The zero-order valence-electron chi connectivity index (χ0n) is 13.0. The molecular weight excluding hydrogens is 284 g/mol. The fourth-order valence-electron chi connectivity index (χ4n) is 3.49. The molecule has 0 saturated carbocycles. The normalized spacial score (nSPS) is 33.3. The third-order valence-corrected chi connectivity index (χ3v) is 4.69. The van der Waals surface area contributed by atoms with Crippen LogP contribution in [-0.4, -0.2) is 68.7 Å². The van der Waals surface area contributed by atoms with Gasteiger partial charge in [0.25, 0.3) is 0 Å². The lowest BCUT2D eigenvalue weighted by Gasteiger charge is -2.36. The topological polar surface area (TPSA) is 75.2 Å². The molecule has 3 unspecified atom stereocenters. The van der Waals surface area contributed by atoms with E-state index in [9.17, 15) is 4.79 Å². The molecule has 0 radical (unpaired) electrons. The Morgan fingerprint density at radius 1 is 1.36 bits per heavy atom. The summed E-state index contributed by atoms with van der Waals surface area (Å²) >= 11 is 0. The van der Waals surface area contributed by atoms with Crippen molar-refractivity contribution < 1.29 is 14.4 Å². The lowest BCUT2D eigenvalue weighted by Crippen LogP contribution is -2.53. The Morgan fingerprint density at radius 3 is 3.05 bits per heavy atom. The summed E-state index contributed by atoms with van der Waals surface area (Å²) in [5, 5.41) is 10.3. The van der Waals surface area contributed by atoms with Gasteiger partial charge in [-0.25, -0.2) is 0 Å². The molecule has 2 saturated heterocycles. The van der Waals surface area contributed by atoms with Gasteiger partial charge in [0.15, 0.2) is 6.61 Å². The Bertz CT molecular complexity index is 398. The van der Waals surface area contributed by atoms with E-state index in [1.165, 1.54) is 19.3 Å². The van der Waals surface area contributed by atoms with E-state index in [4.69, 9.17) is 9.57 Å². The maximum atomic E-state index is 10.8. The molecule has 0 aromatic carbocycles. The van der Waals surface area contributed by atoms with Crippen molar-refractivity contribution in [2.75, 3.05) is 39.3 Å². The highest BCUT2D eigenvalue weighted by Gasteiger charge is 2.34. The average molecular weight is 310 g/mol. The summed E-state index contributed by atoms with van der Waals surface area (Å²) in [4.78, 5) is 18.6. The van der Waals surface area contributed by atoms with Crippen molar-refractivity contribution in [1.82, 2.24) is 15.5 Å². The number of likely N-dealkylation sites (tertiary alicyclic amines) is 1. The minimum Gasteiger partial charge on any atom is -0.470 e. The van der Waals surface area contributed by atoms with E-state index in [-0.39, 0.29) is 18.1 Å². The van der Waals surface area contributed by atoms with Crippen molar-refractivity contribution in [3.8, 4) is 0 Å². The van der Waals surface area contributed by atoms with Gasteiger partial charge in [0.05, 0.1) is 5.92 Å². The maximum Gasteiger partial charge on any atom is 0.232 e. The summed E-state index contributed by atoms with van der Waals surface area (Å²) in [7, 11) is 0. The van der Waals surface area contributed by atoms with Crippen LogP contribution in [0.3, 0.4) is 0 Å². The van der Waals surface area contributed by atoms with E-state index in [1.807, 2.05) is 0 Å². The van der Waals surface area contributed by atoms with Crippen LogP contribution >= 0.6 is 0 Å². The number of hydrogen-bond acceptors (Lipinski definition) is 6. The summed E-state index contributed by atoms with van der Waals surface area (Å²) in [6, 6.07) is 0.0647. The number of hydrogen-bond donors (Lipinski definition) is 2. The van der Waals surface area contributed by atoms with Crippen LogP contribution in [0.25, 0.3) is 0 Å². The Morgan fingerprint density at radius 2 is 2.23 bits per heavy atom. The summed E-state index contributed by atoms with van der Waals surface area (Å²) in [6.45, 7) is 5.34. The molecule has 3 aliphatic heterocycles. The van der Waals surface area contributed by atoms with Crippen LogP contribution in [0.4, 0.5) is 0 Å². The number of nitrogens with zero attached hydrogens (tertiary/aromatic N) is 2. The first-order chi connectivity index (χ1) is 10.9. The zero-order chi connectivity index (χ0) is 15.2. The largest absolute Gasteiger partial charge is 0.470 e. The van der Waals surface area contributed by atoms with Crippen LogP contribution in [0.1, 0.15) is 25.7 Å². The molecule has 0 spiro atoms. The predicted molar refractivity (Wildman–Crippen MR) is 82.5 cm³/mol. The van der Waals surface area contributed by atoms with Gasteiger partial charge in [0, 0.05) is 19.1 Å². The van der Waals surface area contributed by atoms with Crippen molar-refractivity contribution >= 4 is 12.3 Å². The number of rotatable bonds is 5. The molecule has 2 N–H and O–H groups in total. The third-order valence-electron chi connectivity index (χ3n) is 4.69. The standard InChI is InChI=1S/C15H26N4O3/c20-11-17-14-4-5-16-8-13(14)15-18-21-10-12(22-15)9-19-6-2-1-3-7-19/h11-14,16H,1-10H2,(H,17,20). The predicted octanol–water partition coefficient (Wildman–Crippen LogP) is -0.0747. The second-order valence-electron chi connectivity index (χ2n) is 6.32. The van der Waals surface area contributed by atoms with Crippen LogP contribution in [0.5, 0.6) is 0 Å². The molecule has 124 valence electrons. The highest BCUT2D eigenvalue weighted by Crippen LogP contribution is 2.19. The lowest BCUT2D eigenvalue weighted by atomic mass is 9.93. The second kappa shape index (κ2) is 7.78. The molecule has 0 aromatic heterocycles. The van der Waals surface area contributed by atoms with Gasteiger partial charge in [0.2, 0.25) is 12.3 Å². The molecular formula is C15H26N4O3. The zero-order valence-corrected chi connectivity index (χ0v) is 13.0. The Kier molecular flexibility index (Phi) is 5.50. The Hall–Kier alpha value is -1.34. The maximum absolute atomic E-state index is 10.8. The quantitative estimate of drug-likeness (QED) is 0.695. The van der Waals surface area contributed by atoms with Gasteiger partial charge in [-0.3, -0.25) is 9.69 Å². The van der Waals surface area contributed by atoms with Gasteiger partial charge in [-0.1, -0.05) is 11.6 Å². The van der Waals surface area contributed by atoms with E-state index in [1.54, 1.807) is 0 Å². The van der Waals surface area contributed by atoms with Crippen molar-refractivity contribution in [3.63, 3.8) is 0 Å². The minimum absolute atomic E-state index is 0.0319. The first-order valence-corrected chi connectivity index (χ1v) is 8.36. The number of ether oxygens (including phenoxy) is 1. The molecule has 7 heteroatoms. The number of carbonyl (C=O) groups excluding carboxylic acids is 1. The fourth-order valence-corrected chi connectivity index (χ4v) is 3.49. The van der Waals surface area contributed by atoms with Crippen LogP contribution in [0, 0.1) is 5.92 Å². The SMILES string of the molecule is O=CNC1CCNCC1C1=NOCC(CN2CCCCC2)O1. The summed E-state index contributed by atoms with van der Waals surface area (Å²) in [6.07, 6.45) is 5.54. The molecule has 3 rings (SSSR count). The van der Waals surface area contributed by atoms with Crippen LogP contribution < -0.4 is 10.6 Å². The third kappa shape index (κ3) is 3.89. The van der Waals surface area contributed by atoms with Crippen molar-refractivity contribution in [3.05, 3.63) is 0 Å². The van der Waals surface area contributed by atoms with Crippen molar-refractivity contribution in [2.24, 2.45) is 11.1 Å². The van der Waals surface area contributed by atoms with E-state index >= 15 is 0 Å². The number of amides is 1. The smallest absolute Gasteiger partial charge is 0.232 e. The van der Waals surface area contributed by atoms with E-state index in [0.29, 0.717) is 12.5 Å². The molecule has 0 bridgehead atoms. The summed E-state index contributed by atoms with van der Waals surface area (Å²) in [5.41, 5.74) is 0. The molecule has 1 amide bonds. The number of carbonyl (C=O) groups is 1. The molecule has 0 aromatic rings. The molecule has 7 nitrogen and oxygen atoms in total. The van der Waals surface area contributed by atoms with Crippen molar-refractivity contribution in [2.45, 2.75) is 37.8 Å². The van der Waals surface area contributed by atoms with Gasteiger partial charge in [-0.15, -0.1) is 0 Å². The van der Waals surface area contributed by atoms with Crippen molar-refractivity contribution in [1.29, 1.82) is 0 Å². The van der Waals surface area contributed by atoms with E-state index in [2.05, 4.69) is 20.7 Å². The molecule has 3 atom stereocenters. The molecule has 0 aliphatic carbocycles. The Labute approximate surface area is 131 Å². The van der Waals surface area contributed by atoms with Crippen LogP contribution in [-0.2, 0) is 14.4 Å². The number of oxime groups is 1. The van der Waals surface area contributed by atoms with Gasteiger partial charge in [0.1, 0.15) is 6.10 Å². The lowest BCUT2D eigenvalue weighted by molar-refractivity contribution is -0.110. The first kappa shape index (κ1) is 15.6. The van der Waals surface area contributed by atoms with Gasteiger partial charge < -0.3 is 20.2 Å². The van der Waals surface area contributed by atoms with Crippen LogP contribution in [0.15, 0.2) is 5.16 Å². The Balaban J connectivity index is 1.56. The first-order valence-electron chi connectivity index (χ1n) is 8.36. The minimum atomic E-state index is 0.0319. The number of piperidine rings is 2. The molecule has 2 fully saturated rings. The van der Waals surface area contributed by atoms with E-state index < -0.39 is 0 Å². The highest BCUT2D eigenvalue weighted by atomic mass is 16.7. The molecule has 3 heterocycles. The molecule has 3 aliphatic rings. The van der Waals surface area contributed by atoms with Gasteiger partial charge >= 0.3 is 0 Å². The van der Waals surface area contributed by atoms with E-state index in [0.717, 1.165) is 45.6 Å². The average Bonchev–Trinajstić information content (AvgIpc) is 2.57. The van der Waals surface area contributed by atoms with Gasteiger partial charge in [-0.05, 0) is 38.9 Å². The fraction of sp³-hybridized carbons (Fsp3) is 0.867.